The lowest BCUT2D eigenvalue weighted by molar-refractivity contribution is -0.111. The number of pyridine rings is 1. The summed E-state index contributed by atoms with van der Waals surface area (Å²) < 4.78 is 14.8. The van der Waals surface area contributed by atoms with Gasteiger partial charge in [0.25, 0.3) is 0 Å². The van der Waals surface area contributed by atoms with Crippen LogP contribution in [0, 0.1) is 5.82 Å². The molecule has 3 heterocycles. The molecule has 0 unspecified atom stereocenters. The van der Waals surface area contributed by atoms with Gasteiger partial charge in [-0.05, 0) is 35.9 Å². The number of carbonyl (C=O) groups is 1. The second kappa shape index (κ2) is 7.87. The highest BCUT2D eigenvalue weighted by Crippen LogP contribution is 2.20. The highest BCUT2D eigenvalue weighted by atomic mass is 35.5. The first-order valence-electron chi connectivity index (χ1n) is 8.27. The Labute approximate surface area is 168 Å². The van der Waals surface area contributed by atoms with Crippen molar-refractivity contribution in [3.8, 4) is 0 Å². The third-order valence-electron chi connectivity index (χ3n) is 3.88. The molecule has 3 aromatic heterocycles. The van der Waals surface area contributed by atoms with Crippen LogP contribution in [0.2, 0.25) is 5.15 Å². The smallest absolute Gasteiger partial charge is 0.250 e. The van der Waals surface area contributed by atoms with Crippen LogP contribution in [0.4, 0.5) is 9.52 Å². The highest BCUT2D eigenvalue weighted by Gasteiger charge is 2.09. The Morgan fingerprint density at radius 2 is 2.04 bits per heavy atom. The number of anilines is 1. The number of rotatable bonds is 5. The van der Waals surface area contributed by atoms with Crippen molar-refractivity contribution in [1.82, 2.24) is 19.6 Å². The molecular weight excluding hydrogens is 401 g/mol. The molecule has 1 aromatic carbocycles. The molecule has 0 saturated heterocycles. The monoisotopic (exact) mass is 413 g/mol. The fraction of sp³-hybridized carbons (Fsp3) is 0.0526. The van der Waals surface area contributed by atoms with Crippen LogP contribution < -0.4 is 5.32 Å². The Morgan fingerprint density at radius 1 is 1.21 bits per heavy atom. The highest BCUT2D eigenvalue weighted by molar-refractivity contribution is 7.15. The first kappa shape index (κ1) is 18.3. The van der Waals surface area contributed by atoms with Crippen LogP contribution >= 0.6 is 22.9 Å². The van der Waals surface area contributed by atoms with Gasteiger partial charge in [-0.15, -0.1) is 10.2 Å². The average molecular weight is 414 g/mol. The summed E-state index contributed by atoms with van der Waals surface area (Å²) in [6.45, 7) is 0. The SMILES string of the molecule is O=C(C=Cc1c(Cl)nc2ccccn12)Nc1nnc(Cc2ccc(F)cc2)s1. The van der Waals surface area contributed by atoms with Gasteiger partial charge in [0.2, 0.25) is 11.0 Å². The fourth-order valence-corrected chi connectivity index (χ4v) is 3.61. The number of hydrogen-bond acceptors (Lipinski definition) is 5. The maximum Gasteiger partial charge on any atom is 0.250 e. The van der Waals surface area contributed by atoms with Crippen molar-refractivity contribution in [2.24, 2.45) is 0 Å². The van der Waals surface area contributed by atoms with Gasteiger partial charge in [-0.2, -0.15) is 0 Å². The van der Waals surface area contributed by atoms with Crippen molar-refractivity contribution in [2.45, 2.75) is 6.42 Å². The summed E-state index contributed by atoms with van der Waals surface area (Å²) in [5, 5.41) is 12.1. The fourth-order valence-electron chi connectivity index (χ4n) is 2.59. The molecule has 1 N–H and O–H groups in total. The van der Waals surface area contributed by atoms with E-state index in [0.717, 1.165) is 10.6 Å². The van der Waals surface area contributed by atoms with E-state index in [1.165, 1.54) is 29.5 Å². The zero-order valence-corrected chi connectivity index (χ0v) is 15.9. The van der Waals surface area contributed by atoms with Crippen molar-refractivity contribution < 1.29 is 9.18 Å². The summed E-state index contributed by atoms with van der Waals surface area (Å²) in [4.78, 5) is 16.4. The molecule has 0 radical (unpaired) electrons. The number of amides is 1. The number of carbonyl (C=O) groups excluding carboxylic acids is 1. The van der Waals surface area contributed by atoms with Crippen molar-refractivity contribution in [1.29, 1.82) is 0 Å². The van der Waals surface area contributed by atoms with Gasteiger partial charge in [0.05, 0.1) is 5.69 Å². The van der Waals surface area contributed by atoms with E-state index in [0.29, 0.717) is 28.0 Å². The Morgan fingerprint density at radius 3 is 2.86 bits per heavy atom. The molecule has 0 aliphatic carbocycles. The van der Waals surface area contributed by atoms with Gasteiger partial charge in [-0.25, -0.2) is 9.37 Å². The number of aromatic nitrogens is 4. The summed E-state index contributed by atoms with van der Waals surface area (Å²) in [5.74, 6) is -0.641. The molecular formula is C19H13ClFN5OS. The molecule has 0 fully saturated rings. The maximum atomic E-state index is 13.0. The van der Waals surface area contributed by atoms with Crippen LogP contribution in [0.1, 0.15) is 16.3 Å². The van der Waals surface area contributed by atoms with Crippen molar-refractivity contribution >= 4 is 45.7 Å². The van der Waals surface area contributed by atoms with Crippen LogP contribution in [-0.4, -0.2) is 25.5 Å². The van der Waals surface area contributed by atoms with Gasteiger partial charge in [-0.1, -0.05) is 41.1 Å². The number of hydrogen-bond donors (Lipinski definition) is 1. The third-order valence-corrected chi connectivity index (χ3v) is 5.00. The molecule has 0 aliphatic heterocycles. The summed E-state index contributed by atoms with van der Waals surface area (Å²) in [6, 6.07) is 11.7. The van der Waals surface area contributed by atoms with Gasteiger partial charge >= 0.3 is 0 Å². The molecule has 6 nitrogen and oxygen atoms in total. The summed E-state index contributed by atoms with van der Waals surface area (Å²) in [5.41, 5.74) is 2.22. The zero-order valence-electron chi connectivity index (χ0n) is 14.3. The summed E-state index contributed by atoms with van der Waals surface area (Å²) >= 11 is 7.41. The lowest BCUT2D eigenvalue weighted by Crippen LogP contribution is -2.07. The van der Waals surface area contributed by atoms with Gasteiger partial charge in [0.15, 0.2) is 5.15 Å². The normalized spacial score (nSPS) is 11.4. The van der Waals surface area contributed by atoms with Crippen LogP contribution in [0.5, 0.6) is 0 Å². The molecule has 4 aromatic rings. The largest absolute Gasteiger partial charge is 0.299 e. The first-order valence-corrected chi connectivity index (χ1v) is 9.46. The lowest BCUT2D eigenvalue weighted by Gasteiger charge is -1.97. The van der Waals surface area contributed by atoms with E-state index in [1.54, 1.807) is 22.6 Å². The Bertz CT molecular complexity index is 1170. The Balaban J connectivity index is 1.42. The van der Waals surface area contributed by atoms with E-state index in [9.17, 15) is 9.18 Å². The summed E-state index contributed by atoms with van der Waals surface area (Å²) in [7, 11) is 0. The topological polar surface area (TPSA) is 72.2 Å². The summed E-state index contributed by atoms with van der Waals surface area (Å²) in [6.07, 6.45) is 5.29. The van der Waals surface area contributed by atoms with Crippen molar-refractivity contribution in [3.63, 3.8) is 0 Å². The Kier molecular flexibility index (Phi) is 5.14. The molecule has 0 spiro atoms. The molecule has 0 aliphatic rings. The first-order chi connectivity index (χ1) is 13.6. The molecule has 140 valence electrons. The van der Waals surface area contributed by atoms with Crippen LogP contribution in [0.25, 0.3) is 11.7 Å². The molecule has 4 rings (SSSR count). The number of nitrogens with one attached hydrogen (secondary N) is 1. The van der Waals surface area contributed by atoms with Crippen LogP contribution in [0.15, 0.2) is 54.7 Å². The minimum atomic E-state index is -0.355. The number of fused-ring (bicyclic) bond motifs is 1. The lowest BCUT2D eigenvalue weighted by atomic mass is 10.2. The predicted octanol–water partition coefficient (Wildman–Crippen LogP) is 4.22. The second-order valence-corrected chi connectivity index (χ2v) is 7.26. The van der Waals surface area contributed by atoms with E-state index in [-0.39, 0.29) is 11.7 Å². The number of imidazole rings is 1. The van der Waals surface area contributed by atoms with E-state index >= 15 is 0 Å². The number of benzene rings is 1. The molecule has 9 heteroatoms. The standard InChI is InChI=1S/C19H13ClFN5OS/c20-18-14(26-10-2-1-3-15(26)22-18)8-9-16(27)23-19-25-24-17(28-19)11-12-4-6-13(21)7-5-12/h1-10H,11H2,(H,23,25,27). The minimum Gasteiger partial charge on any atom is -0.299 e. The maximum absolute atomic E-state index is 13.0. The van der Waals surface area contributed by atoms with Gasteiger partial charge in [0, 0.05) is 18.7 Å². The van der Waals surface area contributed by atoms with Crippen molar-refractivity contribution in [2.75, 3.05) is 5.32 Å². The van der Waals surface area contributed by atoms with E-state index in [4.69, 9.17) is 11.6 Å². The zero-order chi connectivity index (χ0) is 19.5. The van der Waals surface area contributed by atoms with Gasteiger partial charge in [0.1, 0.15) is 16.5 Å². The van der Waals surface area contributed by atoms with Gasteiger partial charge in [-0.3, -0.25) is 14.5 Å². The van der Waals surface area contributed by atoms with Gasteiger partial charge < -0.3 is 0 Å². The minimum absolute atomic E-state index is 0.285. The molecule has 1 amide bonds. The Hall–Kier alpha value is -3.10. The van der Waals surface area contributed by atoms with E-state index in [1.807, 2.05) is 24.4 Å². The number of nitrogens with zero attached hydrogens (tertiary/aromatic N) is 4. The van der Waals surface area contributed by atoms with Crippen LogP contribution in [-0.2, 0) is 11.2 Å². The van der Waals surface area contributed by atoms with Crippen LogP contribution in [0.3, 0.4) is 0 Å². The quantitative estimate of drug-likeness (QED) is 0.497. The molecule has 0 atom stereocenters. The van der Waals surface area contributed by atoms with Crippen molar-refractivity contribution in [3.05, 3.63) is 82.0 Å². The predicted molar refractivity (Wildman–Crippen MR) is 107 cm³/mol. The molecule has 28 heavy (non-hydrogen) atoms. The van der Waals surface area contributed by atoms with E-state index in [2.05, 4.69) is 20.5 Å². The van der Waals surface area contributed by atoms with E-state index < -0.39 is 0 Å². The second-order valence-electron chi connectivity index (χ2n) is 5.84. The number of halogens is 2. The average Bonchev–Trinajstić information content (AvgIpc) is 3.25. The molecule has 0 saturated carbocycles. The third kappa shape index (κ3) is 4.08. The molecule has 0 bridgehead atoms.